The smallest absolute Gasteiger partial charge is 0.325 e. The first-order chi connectivity index (χ1) is 11.6. The lowest BCUT2D eigenvalue weighted by atomic mass is 10.2. The minimum absolute atomic E-state index is 0.0204. The van der Waals surface area contributed by atoms with Gasteiger partial charge in [-0.25, -0.2) is 4.68 Å². The van der Waals surface area contributed by atoms with Crippen LogP contribution in [0.3, 0.4) is 0 Å². The van der Waals surface area contributed by atoms with E-state index in [0.29, 0.717) is 31.1 Å². The van der Waals surface area contributed by atoms with Crippen LogP contribution in [0.1, 0.15) is 20.2 Å². The number of carboxylic acids is 1. The number of piperazine rings is 1. The SMILES string of the molecule is O=C(O)Cn1nccc1C(=O)N1CCN(C(=O)c2cccs2)CC1. The minimum atomic E-state index is -1.06. The molecule has 0 aromatic carbocycles. The van der Waals surface area contributed by atoms with Crippen LogP contribution in [0.4, 0.5) is 0 Å². The predicted octanol–water partition coefficient (Wildman–Crippen LogP) is 0.627. The van der Waals surface area contributed by atoms with Gasteiger partial charge >= 0.3 is 5.97 Å². The molecular formula is C15H16N4O4S. The fraction of sp³-hybridized carbons (Fsp3) is 0.333. The van der Waals surface area contributed by atoms with E-state index in [1.54, 1.807) is 15.9 Å². The van der Waals surface area contributed by atoms with E-state index in [2.05, 4.69) is 5.10 Å². The molecule has 1 saturated heterocycles. The average molecular weight is 348 g/mol. The summed E-state index contributed by atoms with van der Waals surface area (Å²) in [4.78, 5) is 39.7. The van der Waals surface area contributed by atoms with Gasteiger partial charge in [-0.05, 0) is 17.5 Å². The molecule has 1 aliphatic heterocycles. The number of amides is 2. The summed E-state index contributed by atoms with van der Waals surface area (Å²) in [6.45, 7) is 1.37. The lowest BCUT2D eigenvalue weighted by Gasteiger charge is -2.34. The maximum Gasteiger partial charge on any atom is 0.325 e. The normalized spacial score (nSPS) is 14.7. The number of thiophene rings is 1. The highest BCUT2D eigenvalue weighted by atomic mass is 32.1. The van der Waals surface area contributed by atoms with Gasteiger partial charge in [0.15, 0.2) is 0 Å². The van der Waals surface area contributed by atoms with Gasteiger partial charge < -0.3 is 14.9 Å². The summed E-state index contributed by atoms with van der Waals surface area (Å²) in [7, 11) is 0. The van der Waals surface area contributed by atoms with E-state index in [1.165, 1.54) is 28.3 Å². The highest BCUT2D eigenvalue weighted by molar-refractivity contribution is 7.12. The molecule has 0 saturated carbocycles. The number of hydrogen-bond donors (Lipinski definition) is 1. The number of aromatic nitrogens is 2. The van der Waals surface area contributed by atoms with E-state index >= 15 is 0 Å². The summed E-state index contributed by atoms with van der Waals surface area (Å²) in [5.74, 6) is -1.34. The van der Waals surface area contributed by atoms with Crippen LogP contribution >= 0.6 is 11.3 Å². The third-order valence-electron chi connectivity index (χ3n) is 3.81. The van der Waals surface area contributed by atoms with Gasteiger partial charge in [0.2, 0.25) is 0 Å². The second-order valence-corrected chi connectivity index (χ2v) is 6.28. The number of carbonyl (C=O) groups is 3. The number of carbonyl (C=O) groups excluding carboxylic acids is 2. The molecule has 0 radical (unpaired) electrons. The zero-order valence-electron chi connectivity index (χ0n) is 12.8. The Morgan fingerprint density at radius 2 is 1.75 bits per heavy atom. The first-order valence-electron chi connectivity index (χ1n) is 7.42. The van der Waals surface area contributed by atoms with E-state index in [9.17, 15) is 14.4 Å². The first kappa shape index (κ1) is 16.2. The Morgan fingerprint density at radius 3 is 2.33 bits per heavy atom. The van der Waals surface area contributed by atoms with Crippen LogP contribution in [-0.4, -0.2) is 68.6 Å². The zero-order chi connectivity index (χ0) is 17.1. The van der Waals surface area contributed by atoms with Crippen molar-refractivity contribution in [2.45, 2.75) is 6.54 Å². The monoisotopic (exact) mass is 348 g/mol. The van der Waals surface area contributed by atoms with Crippen molar-refractivity contribution in [3.05, 3.63) is 40.3 Å². The molecule has 1 fully saturated rings. The van der Waals surface area contributed by atoms with E-state index in [-0.39, 0.29) is 24.1 Å². The van der Waals surface area contributed by atoms with Crippen molar-refractivity contribution in [2.75, 3.05) is 26.2 Å². The molecule has 1 aliphatic rings. The highest BCUT2D eigenvalue weighted by Gasteiger charge is 2.27. The number of carboxylic acid groups (broad SMARTS) is 1. The van der Waals surface area contributed by atoms with Crippen molar-refractivity contribution >= 4 is 29.1 Å². The molecule has 3 heterocycles. The highest BCUT2D eigenvalue weighted by Crippen LogP contribution is 2.15. The fourth-order valence-electron chi connectivity index (χ4n) is 2.60. The maximum absolute atomic E-state index is 12.5. The summed E-state index contributed by atoms with van der Waals surface area (Å²) in [5, 5.41) is 14.6. The summed E-state index contributed by atoms with van der Waals surface area (Å²) >= 11 is 1.40. The molecule has 2 aromatic heterocycles. The second kappa shape index (κ2) is 6.83. The molecule has 0 unspecified atom stereocenters. The summed E-state index contributed by atoms with van der Waals surface area (Å²) in [6, 6.07) is 5.13. The number of aliphatic carboxylic acids is 1. The Bertz CT molecular complexity index is 747. The zero-order valence-corrected chi connectivity index (χ0v) is 13.6. The van der Waals surface area contributed by atoms with Crippen LogP contribution in [0.15, 0.2) is 29.8 Å². The van der Waals surface area contributed by atoms with Crippen LogP contribution < -0.4 is 0 Å². The summed E-state index contributed by atoms with van der Waals surface area (Å²) in [6.07, 6.45) is 1.41. The Kier molecular flexibility index (Phi) is 4.61. The number of hydrogen-bond acceptors (Lipinski definition) is 5. The molecule has 0 aliphatic carbocycles. The van der Waals surface area contributed by atoms with Gasteiger partial charge in [-0.15, -0.1) is 11.3 Å². The Labute approximate surface area is 141 Å². The van der Waals surface area contributed by atoms with Gasteiger partial charge in [0, 0.05) is 32.4 Å². The van der Waals surface area contributed by atoms with Crippen molar-refractivity contribution in [2.24, 2.45) is 0 Å². The standard InChI is InChI=1S/C15H16N4O4S/c20-13(21)10-19-11(3-4-16-19)14(22)17-5-7-18(8-6-17)15(23)12-2-1-9-24-12/h1-4,9H,5-8,10H2,(H,20,21). The molecule has 0 spiro atoms. The third-order valence-corrected chi connectivity index (χ3v) is 4.66. The number of nitrogens with zero attached hydrogens (tertiary/aromatic N) is 4. The summed E-state index contributed by atoms with van der Waals surface area (Å²) < 4.78 is 1.17. The predicted molar refractivity (Wildman–Crippen MR) is 86.0 cm³/mol. The minimum Gasteiger partial charge on any atom is -0.480 e. The molecule has 8 nitrogen and oxygen atoms in total. The van der Waals surface area contributed by atoms with Crippen molar-refractivity contribution in [1.82, 2.24) is 19.6 Å². The average Bonchev–Trinajstić information content (AvgIpc) is 3.25. The van der Waals surface area contributed by atoms with Crippen LogP contribution in [0.25, 0.3) is 0 Å². The van der Waals surface area contributed by atoms with E-state index in [4.69, 9.17) is 5.11 Å². The Morgan fingerprint density at radius 1 is 1.08 bits per heavy atom. The van der Waals surface area contributed by atoms with Gasteiger partial charge in [0.1, 0.15) is 12.2 Å². The molecule has 9 heteroatoms. The molecule has 126 valence electrons. The van der Waals surface area contributed by atoms with Crippen LogP contribution in [0.5, 0.6) is 0 Å². The van der Waals surface area contributed by atoms with Gasteiger partial charge in [0.05, 0.1) is 4.88 Å². The molecule has 24 heavy (non-hydrogen) atoms. The van der Waals surface area contributed by atoms with Gasteiger partial charge in [-0.2, -0.15) is 5.10 Å². The first-order valence-corrected chi connectivity index (χ1v) is 8.30. The molecule has 0 atom stereocenters. The van der Waals surface area contributed by atoms with Crippen LogP contribution in [-0.2, 0) is 11.3 Å². The number of rotatable bonds is 4. The Balaban J connectivity index is 1.62. The lowest BCUT2D eigenvalue weighted by Crippen LogP contribution is -2.50. The fourth-order valence-corrected chi connectivity index (χ4v) is 3.29. The largest absolute Gasteiger partial charge is 0.480 e. The van der Waals surface area contributed by atoms with Crippen molar-refractivity contribution in [3.8, 4) is 0 Å². The second-order valence-electron chi connectivity index (χ2n) is 5.33. The van der Waals surface area contributed by atoms with E-state index in [1.807, 2.05) is 11.4 Å². The van der Waals surface area contributed by atoms with E-state index < -0.39 is 5.97 Å². The molecule has 2 amide bonds. The van der Waals surface area contributed by atoms with Crippen LogP contribution in [0, 0.1) is 0 Å². The van der Waals surface area contributed by atoms with E-state index in [0.717, 1.165) is 0 Å². The van der Waals surface area contributed by atoms with Gasteiger partial charge in [-0.1, -0.05) is 6.07 Å². The molecule has 3 rings (SSSR count). The quantitative estimate of drug-likeness (QED) is 0.874. The van der Waals surface area contributed by atoms with Crippen molar-refractivity contribution < 1.29 is 19.5 Å². The van der Waals surface area contributed by atoms with Crippen LogP contribution in [0.2, 0.25) is 0 Å². The molecular weight excluding hydrogens is 332 g/mol. The summed E-state index contributed by atoms with van der Waals surface area (Å²) in [5.41, 5.74) is 0.246. The van der Waals surface area contributed by atoms with Gasteiger partial charge in [0.25, 0.3) is 11.8 Å². The molecule has 1 N–H and O–H groups in total. The maximum atomic E-state index is 12.5. The third kappa shape index (κ3) is 3.30. The topological polar surface area (TPSA) is 95.7 Å². The molecule has 2 aromatic rings. The molecule has 0 bridgehead atoms. The lowest BCUT2D eigenvalue weighted by molar-refractivity contribution is -0.137. The Hall–Kier alpha value is -2.68. The van der Waals surface area contributed by atoms with Crippen molar-refractivity contribution in [1.29, 1.82) is 0 Å². The van der Waals surface area contributed by atoms with Crippen molar-refractivity contribution in [3.63, 3.8) is 0 Å². The van der Waals surface area contributed by atoms with Gasteiger partial charge in [-0.3, -0.25) is 14.4 Å².